The highest BCUT2D eigenvalue weighted by molar-refractivity contribution is 5.95. The van der Waals surface area contributed by atoms with Crippen LogP contribution in [0, 0.1) is 0 Å². The fraction of sp³-hybridized carbons (Fsp3) is 0.375. The van der Waals surface area contributed by atoms with Gasteiger partial charge >= 0.3 is 0 Å². The van der Waals surface area contributed by atoms with Gasteiger partial charge in [-0.05, 0) is 79.0 Å². The van der Waals surface area contributed by atoms with E-state index in [4.69, 9.17) is 11.6 Å². The second kappa shape index (κ2) is 14.6. The number of carbonyl (C=O) groups is 2. The number of carbonyl (C=O) groups excluding carboxylic acids is 2. The number of anilines is 1. The lowest BCUT2D eigenvalue weighted by Gasteiger charge is -2.25. The summed E-state index contributed by atoms with van der Waals surface area (Å²) in [5.74, 6) is 5.66. The molecular formula is C32H41N5O2. The molecule has 1 fully saturated rings. The molecule has 1 aliphatic rings. The van der Waals surface area contributed by atoms with Crippen molar-refractivity contribution in [3.05, 3.63) is 101 Å². The summed E-state index contributed by atoms with van der Waals surface area (Å²) >= 11 is 0. The molecule has 206 valence electrons. The molecule has 1 unspecified atom stereocenters. The van der Waals surface area contributed by atoms with E-state index in [1.165, 1.54) is 43.2 Å². The van der Waals surface area contributed by atoms with E-state index in [1.54, 1.807) is 12.1 Å². The molecule has 0 radical (unpaired) electrons. The second-order valence-corrected chi connectivity index (χ2v) is 10.4. The van der Waals surface area contributed by atoms with Crippen molar-refractivity contribution in [3.63, 3.8) is 0 Å². The van der Waals surface area contributed by atoms with Crippen molar-refractivity contribution < 1.29 is 9.59 Å². The molecule has 0 bridgehead atoms. The van der Waals surface area contributed by atoms with E-state index < -0.39 is 6.29 Å². The Bertz CT molecular complexity index is 1180. The third kappa shape index (κ3) is 8.48. The van der Waals surface area contributed by atoms with Gasteiger partial charge in [0.05, 0.1) is 6.54 Å². The number of aryl methyl sites for hydroxylation is 1. The number of hydrazine groups is 1. The predicted octanol–water partition coefficient (Wildman–Crippen LogP) is 5.12. The van der Waals surface area contributed by atoms with Gasteiger partial charge in [0.2, 0.25) is 5.91 Å². The first kappa shape index (κ1) is 28.5. The van der Waals surface area contributed by atoms with Crippen molar-refractivity contribution in [1.82, 2.24) is 10.7 Å². The molecule has 4 rings (SSSR count). The van der Waals surface area contributed by atoms with Crippen LogP contribution in [0.25, 0.3) is 0 Å². The average molecular weight is 528 g/mol. The molecule has 0 spiro atoms. The van der Waals surface area contributed by atoms with Crippen molar-refractivity contribution >= 4 is 17.5 Å². The molecule has 7 nitrogen and oxygen atoms in total. The van der Waals surface area contributed by atoms with Gasteiger partial charge in [0.15, 0.2) is 0 Å². The Kier molecular flexibility index (Phi) is 10.7. The van der Waals surface area contributed by atoms with Gasteiger partial charge in [-0.3, -0.25) is 21.2 Å². The van der Waals surface area contributed by atoms with Crippen LogP contribution in [0.5, 0.6) is 0 Å². The first-order valence-electron chi connectivity index (χ1n) is 14.1. The van der Waals surface area contributed by atoms with E-state index in [2.05, 4.69) is 59.3 Å². The maximum Gasteiger partial charge on any atom is 0.253 e. The van der Waals surface area contributed by atoms with Crippen LogP contribution in [-0.2, 0) is 17.8 Å². The zero-order valence-electron chi connectivity index (χ0n) is 22.6. The highest BCUT2D eigenvalue weighted by atomic mass is 16.2. The number of unbranched alkanes of at least 4 members (excludes halogenated alkanes) is 1. The Morgan fingerprint density at radius 2 is 1.54 bits per heavy atom. The van der Waals surface area contributed by atoms with Crippen LogP contribution in [0.1, 0.15) is 84.3 Å². The van der Waals surface area contributed by atoms with Crippen molar-refractivity contribution in [1.29, 1.82) is 0 Å². The summed E-state index contributed by atoms with van der Waals surface area (Å²) in [5.41, 5.74) is 12.9. The molecule has 1 atom stereocenters. The summed E-state index contributed by atoms with van der Waals surface area (Å²) in [5, 5.41) is 2.56. The first-order valence-corrected chi connectivity index (χ1v) is 14.1. The van der Waals surface area contributed by atoms with Crippen molar-refractivity contribution in [3.8, 4) is 0 Å². The first-order chi connectivity index (χ1) is 19.0. The molecule has 2 amide bonds. The van der Waals surface area contributed by atoms with E-state index in [1.807, 2.05) is 23.1 Å². The highest BCUT2D eigenvalue weighted by Crippen LogP contribution is 2.33. The molecule has 3 aromatic rings. The summed E-state index contributed by atoms with van der Waals surface area (Å²) in [6.45, 7) is 0.437. The number of hydrogen-bond acceptors (Lipinski definition) is 5. The Morgan fingerprint density at radius 3 is 2.21 bits per heavy atom. The minimum absolute atomic E-state index is 0.107. The van der Waals surface area contributed by atoms with Crippen LogP contribution >= 0.6 is 0 Å². The minimum atomic E-state index is -0.830. The van der Waals surface area contributed by atoms with Crippen LogP contribution in [0.2, 0.25) is 0 Å². The van der Waals surface area contributed by atoms with E-state index in [0.717, 1.165) is 30.5 Å². The third-order valence-electron chi connectivity index (χ3n) is 7.55. The van der Waals surface area contributed by atoms with Gasteiger partial charge in [0.1, 0.15) is 6.29 Å². The quantitative estimate of drug-likeness (QED) is 0.113. The Hall–Kier alpha value is -3.52. The highest BCUT2D eigenvalue weighted by Gasteiger charge is 2.19. The SMILES string of the molecule is NNC(N)NC(=O)c1ccc(CN(C(=O)CCCCc2ccccc2)c2ccc(C3CCCCC3)cc2)cc1. The lowest BCUT2D eigenvalue weighted by molar-refractivity contribution is -0.118. The lowest BCUT2D eigenvalue weighted by Crippen LogP contribution is -2.54. The van der Waals surface area contributed by atoms with E-state index in [9.17, 15) is 9.59 Å². The van der Waals surface area contributed by atoms with E-state index in [-0.39, 0.29) is 11.8 Å². The number of nitrogens with two attached hydrogens (primary N) is 2. The van der Waals surface area contributed by atoms with Crippen LogP contribution in [0.4, 0.5) is 5.69 Å². The monoisotopic (exact) mass is 527 g/mol. The van der Waals surface area contributed by atoms with Crippen LogP contribution in [0.15, 0.2) is 78.9 Å². The van der Waals surface area contributed by atoms with Crippen molar-refractivity contribution in [2.24, 2.45) is 11.6 Å². The smallest absolute Gasteiger partial charge is 0.253 e. The van der Waals surface area contributed by atoms with Crippen molar-refractivity contribution in [2.45, 2.75) is 76.5 Å². The number of nitrogens with one attached hydrogen (secondary N) is 2. The van der Waals surface area contributed by atoms with E-state index in [0.29, 0.717) is 24.4 Å². The number of amides is 2. The molecule has 1 saturated carbocycles. The molecule has 0 aromatic heterocycles. The largest absolute Gasteiger partial charge is 0.323 e. The lowest BCUT2D eigenvalue weighted by atomic mass is 9.84. The maximum absolute atomic E-state index is 13.5. The van der Waals surface area contributed by atoms with Crippen LogP contribution in [0.3, 0.4) is 0 Å². The molecule has 6 N–H and O–H groups in total. The normalized spacial score (nSPS) is 14.5. The van der Waals surface area contributed by atoms with Gasteiger partial charge in [0, 0.05) is 17.7 Å². The van der Waals surface area contributed by atoms with Gasteiger partial charge < -0.3 is 10.2 Å². The Morgan fingerprint density at radius 1 is 0.846 bits per heavy atom. The molecule has 3 aromatic carbocycles. The number of nitrogens with zero attached hydrogens (tertiary/aromatic N) is 1. The number of hydrogen-bond donors (Lipinski definition) is 4. The zero-order valence-corrected chi connectivity index (χ0v) is 22.6. The summed E-state index contributed by atoms with van der Waals surface area (Å²) in [6.07, 6.45) is 8.84. The third-order valence-corrected chi connectivity index (χ3v) is 7.55. The molecule has 0 heterocycles. The molecule has 1 aliphatic carbocycles. The fourth-order valence-corrected chi connectivity index (χ4v) is 5.28. The van der Waals surface area contributed by atoms with Gasteiger partial charge in [-0.1, -0.05) is 73.9 Å². The average Bonchev–Trinajstić information content (AvgIpc) is 2.99. The molecular weight excluding hydrogens is 486 g/mol. The Labute approximate surface area is 231 Å². The summed E-state index contributed by atoms with van der Waals surface area (Å²) in [4.78, 5) is 27.7. The van der Waals surface area contributed by atoms with Crippen LogP contribution < -0.4 is 27.2 Å². The molecule has 0 aliphatic heterocycles. The second-order valence-electron chi connectivity index (χ2n) is 10.4. The van der Waals surface area contributed by atoms with E-state index >= 15 is 0 Å². The van der Waals surface area contributed by atoms with Gasteiger partial charge in [-0.15, -0.1) is 0 Å². The zero-order chi connectivity index (χ0) is 27.5. The summed E-state index contributed by atoms with van der Waals surface area (Å²) in [6, 6.07) is 26.2. The maximum atomic E-state index is 13.5. The number of rotatable bonds is 12. The van der Waals surface area contributed by atoms with Gasteiger partial charge in [-0.2, -0.15) is 0 Å². The standard InChI is InChI=1S/C32H41N5O2/c33-32(36-34)35-31(39)28-17-15-25(16-18-28)23-37(30(38)14-8-7-11-24-9-3-1-4-10-24)29-21-19-27(20-22-29)26-12-5-2-6-13-26/h1,3-4,9-10,15-22,26,32,36H,2,5-8,11-14,23,33-34H2,(H,35,39). The van der Waals surface area contributed by atoms with Crippen molar-refractivity contribution in [2.75, 3.05) is 4.90 Å². The fourth-order valence-electron chi connectivity index (χ4n) is 5.28. The molecule has 39 heavy (non-hydrogen) atoms. The Balaban J connectivity index is 1.44. The minimum Gasteiger partial charge on any atom is -0.323 e. The number of benzene rings is 3. The molecule has 0 saturated heterocycles. The van der Waals surface area contributed by atoms with Crippen LogP contribution in [-0.4, -0.2) is 18.1 Å². The topological polar surface area (TPSA) is 113 Å². The van der Waals surface area contributed by atoms with Gasteiger partial charge in [-0.25, -0.2) is 5.43 Å². The predicted molar refractivity (Wildman–Crippen MR) is 157 cm³/mol. The molecule has 7 heteroatoms. The van der Waals surface area contributed by atoms with Gasteiger partial charge in [0.25, 0.3) is 5.91 Å². The summed E-state index contributed by atoms with van der Waals surface area (Å²) in [7, 11) is 0. The summed E-state index contributed by atoms with van der Waals surface area (Å²) < 4.78 is 0.